The number of hydrogen-bond donors (Lipinski definition) is 5. The topological polar surface area (TPSA) is 187 Å². The molecular weight excluding hydrogens is 660 g/mol. The Hall–Kier alpha value is -1.71. The Labute approximate surface area is 300 Å². The molecule has 3 saturated heterocycles. The van der Waals surface area contributed by atoms with E-state index in [1.807, 2.05) is 51.8 Å². The van der Waals surface area contributed by atoms with Crippen LogP contribution in [-0.4, -0.2) is 148 Å². The van der Waals surface area contributed by atoms with Crippen molar-refractivity contribution in [3.63, 3.8) is 0 Å². The first kappa shape index (κ1) is 36.3. The zero-order valence-electron chi connectivity index (χ0n) is 30.9. The fourth-order valence-electron chi connectivity index (χ4n) is 14.2. The van der Waals surface area contributed by atoms with Gasteiger partial charge in [-0.2, -0.15) is 0 Å². The van der Waals surface area contributed by atoms with E-state index >= 15 is 4.79 Å². The standard InChI is InChI=1S/C38H58N2O11/c1-33(2)32-36(25(43)13-23-26(36)28-19(7-9-34(23,46)17-41)21(15-39(3)4)30(44)49-28)11-12-37(48)27-24(14-38(32,37)51-33)35(47,18-42)10-8-20-22(16-40(5)6)31(45)50-29(20)27/h19-24,26-29,32,41-42,46-48H,7-18H2,1-6H3/t19-,20-,21?,22?,23+,24+,26?,27-,28-,29-,32?,34-,35?,36+,37-,38-/m0/s1. The van der Waals surface area contributed by atoms with Crippen molar-refractivity contribution in [2.45, 2.75) is 105 Å². The Kier molecular flexibility index (Phi) is 8.12. The van der Waals surface area contributed by atoms with E-state index in [0.717, 1.165) is 0 Å². The van der Waals surface area contributed by atoms with Crippen molar-refractivity contribution in [2.75, 3.05) is 54.5 Å². The predicted molar refractivity (Wildman–Crippen MR) is 180 cm³/mol. The lowest BCUT2D eigenvalue weighted by Crippen LogP contribution is -2.82. The number of ether oxygens (including phenoxy) is 3. The summed E-state index contributed by atoms with van der Waals surface area (Å²) in [6, 6.07) is 0. The van der Waals surface area contributed by atoms with Crippen LogP contribution in [0.3, 0.4) is 0 Å². The largest absolute Gasteiger partial charge is 0.461 e. The van der Waals surface area contributed by atoms with Crippen molar-refractivity contribution in [3.8, 4) is 0 Å². The number of carbonyl (C=O) groups is 3. The minimum Gasteiger partial charge on any atom is -0.461 e. The monoisotopic (exact) mass is 718 g/mol. The summed E-state index contributed by atoms with van der Waals surface area (Å²) >= 11 is 0. The number of ketones is 1. The quantitative estimate of drug-likeness (QED) is 0.231. The first-order valence-corrected chi connectivity index (χ1v) is 19.2. The van der Waals surface area contributed by atoms with Gasteiger partial charge in [0.05, 0.1) is 41.9 Å². The maximum absolute atomic E-state index is 15.0. The van der Waals surface area contributed by atoms with E-state index in [4.69, 9.17) is 14.2 Å². The molecule has 0 amide bonds. The number of esters is 2. The number of nitrogens with zero attached hydrogens (tertiary/aromatic N) is 2. The van der Waals surface area contributed by atoms with Crippen molar-refractivity contribution in [3.05, 3.63) is 0 Å². The molecule has 16 atom stereocenters. The van der Waals surface area contributed by atoms with Crippen LogP contribution in [0.15, 0.2) is 0 Å². The second-order valence-corrected chi connectivity index (χ2v) is 19.1. The predicted octanol–water partition coefficient (Wildman–Crippen LogP) is -0.0240. The van der Waals surface area contributed by atoms with Crippen LogP contribution in [0, 0.1) is 58.7 Å². The number of carbonyl (C=O) groups excluding carboxylic acids is 3. The van der Waals surface area contributed by atoms with E-state index in [0.29, 0.717) is 25.9 Å². The van der Waals surface area contributed by atoms with Gasteiger partial charge >= 0.3 is 11.9 Å². The highest BCUT2D eigenvalue weighted by Crippen LogP contribution is 2.79. The number of rotatable bonds is 6. The summed E-state index contributed by atoms with van der Waals surface area (Å²) in [5.74, 6) is -5.59. The minimum absolute atomic E-state index is 0.00386. The Bertz CT molecular complexity index is 1490. The molecule has 51 heavy (non-hydrogen) atoms. The van der Waals surface area contributed by atoms with Crippen molar-refractivity contribution in [2.24, 2.45) is 58.7 Å². The molecule has 5 N–H and O–H groups in total. The van der Waals surface area contributed by atoms with Crippen LogP contribution in [0.4, 0.5) is 0 Å². The van der Waals surface area contributed by atoms with Gasteiger partial charge in [-0.05, 0) is 87.0 Å². The van der Waals surface area contributed by atoms with E-state index in [1.54, 1.807) is 0 Å². The Morgan fingerprint density at radius 1 is 0.725 bits per heavy atom. The average molecular weight is 719 g/mol. The second kappa shape index (κ2) is 11.4. The third-order valence-corrected chi connectivity index (χ3v) is 15.8. The third-order valence-electron chi connectivity index (χ3n) is 15.8. The van der Waals surface area contributed by atoms with Gasteiger partial charge in [-0.15, -0.1) is 0 Å². The van der Waals surface area contributed by atoms with Gasteiger partial charge < -0.3 is 49.5 Å². The van der Waals surface area contributed by atoms with Crippen LogP contribution in [0.5, 0.6) is 0 Å². The van der Waals surface area contributed by atoms with Crippen molar-refractivity contribution >= 4 is 17.7 Å². The molecule has 2 spiro atoms. The minimum atomic E-state index is -1.62. The maximum Gasteiger partial charge on any atom is 0.310 e. The molecule has 0 radical (unpaired) electrons. The fraction of sp³-hybridized carbons (Fsp3) is 0.921. The van der Waals surface area contributed by atoms with E-state index in [2.05, 4.69) is 0 Å². The molecule has 5 aliphatic carbocycles. The maximum atomic E-state index is 15.0. The Morgan fingerprint density at radius 2 is 1.24 bits per heavy atom. The molecule has 3 heterocycles. The summed E-state index contributed by atoms with van der Waals surface area (Å²) in [4.78, 5) is 46.0. The molecule has 286 valence electrons. The summed E-state index contributed by atoms with van der Waals surface area (Å²) < 4.78 is 19.5. The smallest absolute Gasteiger partial charge is 0.310 e. The SMILES string of the molecule is CN(C)CC1C(=O)O[C@@H]2[C@@H]3[C@@H](C[C@]45OC(C)(C)C4[C@]4(CC[C@]35O)C(=O)C[C@@H]3C4[C@H]4OC(=O)C(CN(C)C)[C@@H]4CC[C@]3(O)CO)C(O)(CO)CC[C@@H]12. The number of aliphatic hydroxyl groups excluding tert-OH is 2. The molecule has 0 aromatic carbocycles. The molecule has 0 bridgehead atoms. The molecule has 5 unspecified atom stereocenters. The van der Waals surface area contributed by atoms with E-state index in [9.17, 15) is 35.1 Å². The zero-order valence-corrected chi connectivity index (χ0v) is 30.9. The summed E-state index contributed by atoms with van der Waals surface area (Å²) in [7, 11) is 7.58. The van der Waals surface area contributed by atoms with Gasteiger partial charge in [0, 0.05) is 66.4 Å². The zero-order chi connectivity index (χ0) is 36.8. The lowest BCUT2D eigenvalue weighted by molar-refractivity contribution is -0.408. The fourth-order valence-corrected chi connectivity index (χ4v) is 14.2. The summed E-state index contributed by atoms with van der Waals surface area (Å²) in [6.07, 6.45) is 0.435. The van der Waals surface area contributed by atoms with Gasteiger partial charge in [0.15, 0.2) is 0 Å². The molecule has 8 aliphatic rings. The van der Waals surface area contributed by atoms with Gasteiger partial charge in [-0.3, -0.25) is 14.4 Å². The van der Waals surface area contributed by atoms with Crippen LogP contribution in [0.2, 0.25) is 0 Å². The molecular formula is C38H58N2O11. The molecule has 8 fully saturated rings. The lowest BCUT2D eigenvalue weighted by Gasteiger charge is -2.73. The molecule has 13 heteroatoms. The van der Waals surface area contributed by atoms with Crippen molar-refractivity contribution in [1.29, 1.82) is 0 Å². The summed E-state index contributed by atoms with van der Waals surface area (Å²) in [5, 5.41) is 59.4. The number of Topliss-reactive ketones (excluding diaryl/α,β-unsaturated/α-hetero) is 1. The van der Waals surface area contributed by atoms with Crippen LogP contribution in [0.25, 0.3) is 0 Å². The highest BCUT2D eigenvalue weighted by molar-refractivity contribution is 5.90. The molecule has 5 saturated carbocycles. The van der Waals surface area contributed by atoms with Crippen LogP contribution in [-0.2, 0) is 28.6 Å². The highest BCUT2D eigenvalue weighted by Gasteiger charge is 2.88. The Morgan fingerprint density at radius 3 is 1.73 bits per heavy atom. The van der Waals surface area contributed by atoms with Gasteiger partial charge in [0.25, 0.3) is 0 Å². The normalized spacial score (nSPS) is 53.7. The van der Waals surface area contributed by atoms with Crippen LogP contribution < -0.4 is 0 Å². The number of fused-ring (bicyclic) bond motifs is 9. The molecule has 0 aromatic rings. The first-order chi connectivity index (χ1) is 23.8. The van der Waals surface area contributed by atoms with Gasteiger partial charge in [0.1, 0.15) is 29.2 Å². The van der Waals surface area contributed by atoms with Gasteiger partial charge in [-0.1, -0.05) is 0 Å². The summed E-state index contributed by atoms with van der Waals surface area (Å²) in [5.41, 5.74) is -8.24. The highest BCUT2D eigenvalue weighted by atomic mass is 16.6. The number of hydrogen-bond acceptors (Lipinski definition) is 13. The Balaban J connectivity index is 1.27. The van der Waals surface area contributed by atoms with Gasteiger partial charge in [0.2, 0.25) is 0 Å². The van der Waals surface area contributed by atoms with Crippen molar-refractivity contribution in [1.82, 2.24) is 9.80 Å². The van der Waals surface area contributed by atoms with E-state index in [1.165, 1.54) is 0 Å². The second-order valence-electron chi connectivity index (χ2n) is 19.1. The summed E-state index contributed by atoms with van der Waals surface area (Å²) in [6.45, 7) is 3.67. The molecule has 13 nitrogen and oxygen atoms in total. The number of aliphatic hydroxyl groups is 5. The van der Waals surface area contributed by atoms with E-state index < -0.39 is 100 Å². The van der Waals surface area contributed by atoms with Crippen LogP contribution >= 0.6 is 0 Å². The van der Waals surface area contributed by atoms with E-state index in [-0.39, 0.29) is 68.1 Å². The molecule has 3 aliphatic heterocycles. The van der Waals surface area contributed by atoms with Crippen LogP contribution in [0.1, 0.15) is 65.2 Å². The average Bonchev–Trinajstić information content (AvgIpc) is 3.65. The molecule has 0 aromatic heterocycles. The molecule has 8 rings (SSSR count). The first-order valence-electron chi connectivity index (χ1n) is 19.2. The lowest BCUT2D eigenvalue weighted by atomic mass is 9.42. The third kappa shape index (κ3) is 4.52. The van der Waals surface area contributed by atoms with Gasteiger partial charge in [-0.25, -0.2) is 0 Å². The van der Waals surface area contributed by atoms with Crippen molar-refractivity contribution < 1.29 is 54.1 Å².